The van der Waals surface area contributed by atoms with Crippen LogP contribution in [0.15, 0.2) is 36.7 Å². The standard InChI is InChI=1S/C20H24N4O3/c1-14-2-4-17(5-3-14)23(18-8-9-18)20(25)15-12-21-22(13-15)16-6-10-19(11-7-16)24(26)27/h6-7,10-14,17-18H,2-5,8-9H2,1H3. The lowest BCUT2D eigenvalue weighted by Gasteiger charge is -2.36. The van der Waals surface area contributed by atoms with E-state index in [2.05, 4.69) is 16.9 Å². The van der Waals surface area contributed by atoms with Crippen molar-refractivity contribution in [3.8, 4) is 5.69 Å². The van der Waals surface area contributed by atoms with Crippen molar-refractivity contribution < 1.29 is 9.72 Å². The number of benzene rings is 1. The summed E-state index contributed by atoms with van der Waals surface area (Å²) in [6.07, 6.45) is 10.0. The van der Waals surface area contributed by atoms with E-state index in [1.807, 2.05) is 0 Å². The minimum absolute atomic E-state index is 0.0358. The molecule has 2 aliphatic carbocycles. The average Bonchev–Trinajstić information content (AvgIpc) is 3.38. The van der Waals surface area contributed by atoms with Crippen LogP contribution in [0.2, 0.25) is 0 Å². The van der Waals surface area contributed by atoms with Gasteiger partial charge < -0.3 is 4.90 Å². The van der Waals surface area contributed by atoms with Crippen molar-refractivity contribution in [2.24, 2.45) is 5.92 Å². The summed E-state index contributed by atoms with van der Waals surface area (Å²) in [5.41, 5.74) is 1.32. The van der Waals surface area contributed by atoms with Crippen molar-refractivity contribution in [2.45, 2.75) is 57.5 Å². The van der Waals surface area contributed by atoms with Gasteiger partial charge in [0.05, 0.1) is 22.4 Å². The zero-order valence-electron chi connectivity index (χ0n) is 15.5. The molecule has 1 amide bonds. The van der Waals surface area contributed by atoms with Gasteiger partial charge in [-0.15, -0.1) is 0 Å². The number of carbonyl (C=O) groups excluding carboxylic acids is 1. The molecule has 0 spiro atoms. The Kier molecular flexibility index (Phi) is 4.68. The van der Waals surface area contributed by atoms with Crippen molar-refractivity contribution in [1.29, 1.82) is 0 Å². The van der Waals surface area contributed by atoms with Gasteiger partial charge in [0.15, 0.2) is 0 Å². The molecular weight excluding hydrogens is 344 g/mol. The summed E-state index contributed by atoms with van der Waals surface area (Å²) < 4.78 is 1.60. The van der Waals surface area contributed by atoms with Crippen molar-refractivity contribution in [3.05, 3.63) is 52.3 Å². The van der Waals surface area contributed by atoms with E-state index < -0.39 is 4.92 Å². The molecule has 0 radical (unpaired) electrons. The Morgan fingerprint density at radius 1 is 1.11 bits per heavy atom. The Bertz CT molecular complexity index is 833. The van der Waals surface area contributed by atoms with Gasteiger partial charge in [-0.3, -0.25) is 14.9 Å². The van der Waals surface area contributed by atoms with E-state index in [4.69, 9.17) is 0 Å². The molecule has 0 saturated heterocycles. The summed E-state index contributed by atoms with van der Waals surface area (Å²) >= 11 is 0. The second-order valence-electron chi connectivity index (χ2n) is 7.80. The molecule has 0 bridgehead atoms. The maximum atomic E-state index is 13.2. The SMILES string of the molecule is CC1CCC(N(C(=O)c2cnn(-c3ccc([N+](=O)[O-])cc3)c2)C2CC2)CC1. The van der Waals surface area contributed by atoms with Crippen LogP contribution in [0.25, 0.3) is 5.69 Å². The first-order valence-electron chi connectivity index (χ1n) is 9.65. The van der Waals surface area contributed by atoms with Gasteiger partial charge in [-0.05, 0) is 56.6 Å². The minimum Gasteiger partial charge on any atom is -0.333 e. The molecule has 142 valence electrons. The zero-order chi connectivity index (χ0) is 19.0. The van der Waals surface area contributed by atoms with Crippen molar-refractivity contribution in [3.63, 3.8) is 0 Å². The fourth-order valence-corrected chi connectivity index (χ4v) is 3.95. The molecule has 1 aromatic carbocycles. The molecule has 2 aliphatic rings. The first-order chi connectivity index (χ1) is 13.0. The van der Waals surface area contributed by atoms with Crippen LogP contribution in [0.5, 0.6) is 0 Å². The largest absolute Gasteiger partial charge is 0.333 e. The highest BCUT2D eigenvalue weighted by atomic mass is 16.6. The molecule has 0 aliphatic heterocycles. The van der Waals surface area contributed by atoms with Crippen LogP contribution in [0, 0.1) is 16.0 Å². The molecule has 0 atom stereocenters. The molecule has 0 unspecified atom stereocenters. The topological polar surface area (TPSA) is 81.3 Å². The second kappa shape index (κ2) is 7.13. The van der Waals surface area contributed by atoms with E-state index in [9.17, 15) is 14.9 Å². The van der Waals surface area contributed by atoms with E-state index >= 15 is 0 Å². The lowest BCUT2D eigenvalue weighted by molar-refractivity contribution is -0.384. The highest BCUT2D eigenvalue weighted by Crippen LogP contribution is 2.36. The van der Waals surface area contributed by atoms with Gasteiger partial charge in [0, 0.05) is 30.4 Å². The molecule has 2 fully saturated rings. The van der Waals surface area contributed by atoms with Crippen molar-refractivity contribution in [2.75, 3.05) is 0 Å². The molecule has 27 heavy (non-hydrogen) atoms. The first kappa shape index (κ1) is 17.7. The normalized spacial score (nSPS) is 22.4. The smallest absolute Gasteiger partial charge is 0.269 e. The van der Waals surface area contributed by atoms with Gasteiger partial charge in [-0.1, -0.05) is 6.92 Å². The summed E-state index contributed by atoms with van der Waals surface area (Å²) in [6.45, 7) is 2.29. The molecule has 7 nitrogen and oxygen atoms in total. The van der Waals surface area contributed by atoms with E-state index in [0.717, 1.165) is 31.6 Å². The van der Waals surface area contributed by atoms with Gasteiger partial charge in [-0.25, -0.2) is 4.68 Å². The highest BCUT2D eigenvalue weighted by molar-refractivity contribution is 5.94. The number of nitro groups is 1. The summed E-state index contributed by atoms with van der Waals surface area (Å²) in [5.74, 6) is 0.813. The van der Waals surface area contributed by atoms with Gasteiger partial charge >= 0.3 is 0 Å². The number of carbonyl (C=O) groups is 1. The molecule has 1 aromatic heterocycles. The Labute approximate surface area is 158 Å². The maximum Gasteiger partial charge on any atom is 0.269 e. The van der Waals surface area contributed by atoms with Crippen LogP contribution < -0.4 is 0 Å². The molecule has 4 rings (SSSR count). The van der Waals surface area contributed by atoms with E-state index in [1.165, 1.54) is 25.0 Å². The number of aromatic nitrogens is 2. The molecule has 2 saturated carbocycles. The predicted molar refractivity (Wildman–Crippen MR) is 101 cm³/mol. The Morgan fingerprint density at radius 3 is 2.26 bits per heavy atom. The van der Waals surface area contributed by atoms with Gasteiger partial charge in [-0.2, -0.15) is 5.10 Å². The molecule has 2 aromatic rings. The van der Waals surface area contributed by atoms with Gasteiger partial charge in [0.1, 0.15) is 0 Å². The fourth-order valence-electron chi connectivity index (χ4n) is 3.95. The lowest BCUT2D eigenvalue weighted by atomic mass is 9.86. The number of non-ortho nitro benzene ring substituents is 1. The Hall–Kier alpha value is -2.70. The van der Waals surface area contributed by atoms with E-state index in [0.29, 0.717) is 23.3 Å². The number of nitrogens with zero attached hydrogens (tertiary/aromatic N) is 4. The molecule has 1 heterocycles. The minimum atomic E-state index is -0.430. The Balaban J connectivity index is 1.52. The summed E-state index contributed by atoms with van der Waals surface area (Å²) in [5, 5.41) is 15.1. The van der Waals surface area contributed by atoms with Crippen LogP contribution >= 0.6 is 0 Å². The van der Waals surface area contributed by atoms with E-state index in [-0.39, 0.29) is 11.6 Å². The fraction of sp³-hybridized carbons (Fsp3) is 0.500. The predicted octanol–water partition coefficient (Wildman–Crippen LogP) is 3.96. The highest BCUT2D eigenvalue weighted by Gasteiger charge is 2.39. The van der Waals surface area contributed by atoms with Crippen LogP contribution in [0.1, 0.15) is 55.8 Å². The Morgan fingerprint density at radius 2 is 1.70 bits per heavy atom. The zero-order valence-corrected chi connectivity index (χ0v) is 15.5. The quantitative estimate of drug-likeness (QED) is 0.591. The third kappa shape index (κ3) is 3.72. The molecule has 7 heteroatoms. The maximum absolute atomic E-state index is 13.2. The van der Waals surface area contributed by atoms with Crippen LogP contribution in [-0.4, -0.2) is 37.6 Å². The van der Waals surface area contributed by atoms with Crippen LogP contribution in [0.3, 0.4) is 0 Å². The third-order valence-electron chi connectivity index (χ3n) is 5.71. The van der Waals surface area contributed by atoms with Crippen LogP contribution in [-0.2, 0) is 0 Å². The number of rotatable bonds is 5. The monoisotopic (exact) mass is 368 g/mol. The molecular formula is C20H24N4O3. The van der Waals surface area contributed by atoms with Gasteiger partial charge in [0.2, 0.25) is 0 Å². The van der Waals surface area contributed by atoms with Crippen molar-refractivity contribution >= 4 is 11.6 Å². The molecule has 0 N–H and O–H groups in total. The number of hydrogen-bond donors (Lipinski definition) is 0. The number of amides is 1. The summed E-state index contributed by atoms with van der Waals surface area (Å²) in [7, 11) is 0. The van der Waals surface area contributed by atoms with E-state index in [1.54, 1.807) is 29.2 Å². The first-order valence-corrected chi connectivity index (χ1v) is 9.65. The van der Waals surface area contributed by atoms with Crippen molar-refractivity contribution in [1.82, 2.24) is 14.7 Å². The second-order valence-corrected chi connectivity index (χ2v) is 7.80. The summed E-state index contributed by atoms with van der Waals surface area (Å²) in [4.78, 5) is 25.6. The number of nitro benzene ring substituents is 1. The summed E-state index contributed by atoms with van der Waals surface area (Å²) in [6, 6.07) is 6.87. The average molecular weight is 368 g/mol. The lowest BCUT2D eigenvalue weighted by Crippen LogP contribution is -2.43. The number of hydrogen-bond acceptors (Lipinski definition) is 4. The third-order valence-corrected chi connectivity index (χ3v) is 5.71. The van der Waals surface area contributed by atoms with Crippen LogP contribution in [0.4, 0.5) is 5.69 Å². The van der Waals surface area contributed by atoms with Gasteiger partial charge in [0.25, 0.3) is 11.6 Å².